The Labute approximate surface area is 75.5 Å². The topological polar surface area (TPSA) is 78.9 Å². The van der Waals surface area contributed by atoms with Gasteiger partial charge in [-0.1, -0.05) is 0 Å². The van der Waals surface area contributed by atoms with Crippen LogP contribution in [-0.2, 0) is 4.79 Å². The predicted molar refractivity (Wildman–Crippen MR) is 47.1 cm³/mol. The Hall–Kier alpha value is -1.52. The molecule has 0 aliphatic carbocycles. The average molecular weight is 181 g/mol. The Kier molecular flexibility index (Phi) is 1.72. The van der Waals surface area contributed by atoms with Gasteiger partial charge < -0.3 is 15.7 Å². The molecule has 0 aromatic rings. The smallest absolute Gasteiger partial charge is 0.326 e. The standard InChI is InChI=1S/C8H11N3O2/c9-7-5-1-2-6(8(12)13)11(5)4-3-10-7/h3,6H,1-2,4,9H2,(H,12,13). The van der Waals surface area contributed by atoms with Crippen LogP contribution in [0.25, 0.3) is 0 Å². The maximum atomic E-state index is 10.8. The van der Waals surface area contributed by atoms with Crippen molar-refractivity contribution in [3.63, 3.8) is 0 Å². The summed E-state index contributed by atoms with van der Waals surface area (Å²) >= 11 is 0. The number of aliphatic carboxylic acids is 1. The molecular weight excluding hydrogens is 170 g/mol. The molecule has 2 heterocycles. The molecule has 0 aromatic carbocycles. The quantitative estimate of drug-likeness (QED) is 0.584. The van der Waals surface area contributed by atoms with E-state index in [-0.39, 0.29) is 0 Å². The summed E-state index contributed by atoms with van der Waals surface area (Å²) in [7, 11) is 0. The van der Waals surface area contributed by atoms with E-state index in [2.05, 4.69) is 4.99 Å². The summed E-state index contributed by atoms with van der Waals surface area (Å²) in [5.74, 6) is -0.312. The third kappa shape index (κ3) is 1.16. The van der Waals surface area contributed by atoms with Gasteiger partial charge in [0, 0.05) is 6.21 Å². The molecule has 13 heavy (non-hydrogen) atoms. The number of hydrogen-bond acceptors (Lipinski definition) is 4. The Balaban J connectivity index is 2.28. The molecule has 0 amide bonds. The first-order chi connectivity index (χ1) is 6.20. The van der Waals surface area contributed by atoms with Gasteiger partial charge in [0.1, 0.15) is 11.9 Å². The van der Waals surface area contributed by atoms with Crippen LogP contribution in [0.3, 0.4) is 0 Å². The van der Waals surface area contributed by atoms with Crippen molar-refractivity contribution in [2.75, 3.05) is 6.54 Å². The van der Waals surface area contributed by atoms with Crippen LogP contribution in [0.2, 0.25) is 0 Å². The van der Waals surface area contributed by atoms with E-state index in [1.807, 2.05) is 4.90 Å². The fourth-order valence-corrected chi connectivity index (χ4v) is 1.83. The zero-order valence-corrected chi connectivity index (χ0v) is 7.10. The number of nitrogens with two attached hydrogens (primary N) is 1. The average Bonchev–Trinajstić information content (AvgIpc) is 2.48. The van der Waals surface area contributed by atoms with E-state index < -0.39 is 12.0 Å². The Morgan fingerprint density at radius 1 is 1.77 bits per heavy atom. The van der Waals surface area contributed by atoms with Crippen molar-refractivity contribution >= 4 is 12.2 Å². The maximum absolute atomic E-state index is 10.8. The van der Waals surface area contributed by atoms with E-state index >= 15 is 0 Å². The van der Waals surface area contributed by atoms with Crippen molar-refractivity contribution in [1.29, 1.82) is 0 Å². The summed E-state index contributed by atoms with van der Waals surface area (Å²) in [4.78, 5) is 16.6. The van der Waals surface area contributed by atoms with Crippen LogP contribution in [0, 0.1) is 0 Å². The maximum Gasteiger partial charge on any atom is 0.326 e. The number of carboxylic acids is 1. The first-order valence-electron chi connectivity index (χ1n) is 4.20. The van der Waals surface area contributed by atoms with E-state index in [1.54, 1.807) is 6.21 Å². The molecule has 5 heteroatoms. The van der Waals surface area contributed by atoms with Gasteiger partial charge in [-0.25, -0.2) is 9.79 Å². The first kappa shape index (κ1) is 8.10. The molecule has 0 spiro atoms. The van der Waals surface area contributed by atoms with Crippen LogP contribution in [0.4, 0.5) is 0 Å². The molecule has 1 atom stereocenters. The molecule has 2 aliphatic rings. The van der Waals surface area contributed by atoms with Crippen molar-refractivity contribution in [3.05, 3.63) is 11.5 Å². The molecule has 1 unspecified atom stereocenters. The number of carbonyl (C=O) groups is 1. The van der Waals surface area contributed by atoms with E-state index in [1.165, 1.54) is 0 Å². The molecule has 1 fully saturated rings. The van der Waals surface area contributed by atoms with E-state index in [9.17, 15) is 4.79 Å². The van der Waals surface area contributed by atoms with Gasteiger partial charge in [-0.2, -0.15) is 0 Å². The van der Waals surface area contributed by atoms with Gasteiger partial charge in [0.2, 0.25) is 0 Å². The Bertz CT molecular complexity index is 309. The molecule has 70 valence electrons. The van der Waals surface area contributed by atoms with Crippen LogP contribution in [-0.4, -0.2) is 34.8 Å². The van der Waals surface area contributed by atoms with Gasteiger partial charge in [0.15, 0.2) is 0 Å². The molecular formula is C8H11N3O2. The third-order valence-corrected chi connectivity index (χ3v) is 2.47. The van der Waals surface area contributed by atoms with Crippen LogP contribution in [0.1, 0.15) is 12.8 Å². The highest BCUT2D eigenvalue weighted by molar-refractivity contribution is 5.76. The van der Waals surface area contributed by atoms with E-state index in [0.29, 0.717) is 18.8 Å². The van der Waals surface area contributed by atoms with Crippen LogP contribution >= 0.6 is 0 Å². The van der Waals surface area contributed by atoms with Gasteiger partial charge in [0.25, 0.3) is 0 Å². The normalized spacial score (nSPS) is 26.5. The van der Waals surface area contributed by atoms with Gasteiger partial charge >= 0.3 is 5.97 Å². The van der Waals surface area contributed by atoms with Gasteiger partial charge in [0.05, 0.1) is 12.2 Å². The lowest BCUT2D eigenvalue weighted by Gasteiger charge is -2.25. The number of allylic oxidation sites excluding steroid dienone is 1. The van der Waals surface area contributed by atoms with Crippen LogP contribution in [0.15, 0.2) is 16.5 Å². The molecule has 3 N–H and O–H groups in total. The number of rotatable bonds is 1. The number of carboxylic acid groups (broad SMARTS) is 1. The SMILES string of the molecule is NC1=C2CCC(C(=O)O)N2CC=N1. The summed E-state index contributed by atoms with van der Waals surface area (Å²) in [6.07, 6.45) is 3.01. The molecule has 2 aliphatic heterocycles. The van der Waals surface area contributed by atoms with Gasteiger partial charge in [-0.3, -0.25) is 0 Å². The minimum absolute atomic E-state index is 0.416. The van der Waals surface area contributed by atoms with E-state index in [4.69, 9.17) is 10.8 Å². The van der Waals surface area contributed by atoms with Crippen molar-refractivity contribution in [2.24, 2.45) is 10.7 Å². The van der Waals surface area contributed by atoms with Crippen LogP contribution in [0.5, 0.6) is 0 Å². The lowest BCUT2D eigenvalue weighted by molar-refractivity contribution is -0.141. The second-order valence-corrected chi connectivity index (χ2v) is 3.19. The largest absolute Gasteiger partial charge is 0.480 e. The second kappa shape index (κ2) is 2.76. The summed E-state index contributed by atoms with van der Waals surface area (Å²) < 4.78 is 0. The Morgan fingerprint density at radius 2 is 2.54 bits per heavy atom. The van der Waals surface area contributed by atoms with Gasteiger partial charge in [-0.05, 0) is 12.8 Å². The van der Waals surface area contributed by atoms with Gasteiger partial charge in [-0.15, -0.1) is 0 Å². The highest BCUT2D eigenvalue weighted by Gasteiger charge is 2.35. The fraction of sp³-hybridized carbons (Fsp3) is 0.500. The van der Waals surface area contributed by atoms with Crippen molar-refractivity contribution in [1.82, 2.24) is 4.90 Å². The molecule has 5 nitrogen and oxygen atoms in total. The molecule has 0 radical (unpaired) electrons. The second-order valence-electron chi connectivity index (χ2n) is 3.19. The summed E-state index contributed by atoms with van der Waals surface area (Å²) in [5.41, 5.74) is 6.51. The van der Waals surface area contributed by atoms with Crippen molar-refractivity contribution < 1.29 is 9.90 Å². The number of nitrogens with zero attached hydrogens (tertiary/aromatic N) is 2. The Morgan fingerprint density at radius 3 is 3.23 bits per heavy atom. The monoisotopic (exact) mass is 181 g/mol. The molecule has 0 saturated carbocycles. The lowest BCUT2D eigenvalue weighted by atomic mass is 10.2. The highest BCUT2D eigenvalue weighted by atomic mass is 16.4. The van der Waals surface area contributed by atoms with Crippen molar-refractivity contribution in [2.45, 2.75) is 18.9 Å². The lowest BCUT2D eigenvalue weighted by Crippen LogP contribution is -2.38. The molecule has 1 saturated heterocycles. The number of aliphatic imine (C=N–C) groups is 1. The third-order valence-electron chi connectivity index (χ3n) is 2.47. The number of hydrogen-bond donors (Lipinski definition) is 2. The van der Waals surface area contributed by atoms with Crippen molar-refractivity contribution in [3.8, 4) is 0 Å². The zero-order valence-electron chi connectivity index (χ0n) is 7.10. The van der Waals surface area contributed by atoms with E-state index in [0.717, 1.165) is 12.1 Å². The summed E-state index contributed by atoms with van der Waals surface area (Å²) in [6, 6.07) is -0.416. The first-order valence-corrected chi connectivity index (χ1v) is 4.20. The summed E-state index contributed by atoms with van der Waals surface area (Å²) in [5, 5.41) is 8.89. The highest BCUT2D eigenvalue weighted by Crippen LogP contribution is 2.29. The minimum Gasteiger partial charge on any atom is -0.480 e. The molecule has 0 bridgehead atoms. The minimum atomic E-state index is -0.780. The summed E-state index contributed by atoms with van der Waals surface area (Å²) in [6.45, 7) is 0.563. The zero-order chi connectivity index (χ0) is 9.42. The predicted octanol–water partition coefficient (Wildman–Crippen LogP) is -0.252. The van der Waals surface area contributed by atoms with Crippen LogP contribution < -0.4 is 5.73 Å². The fourth-order valence-electron chi connectivity index (χ4n) is 1.83. The molecule has 0 aromatic heterocycles. The number of fused-ring (bicyclic) bond motifs is 1. The molecule has 2 rings (SSSR count).